The van der Waals surface area contributed by atoms with E-state index in [-0.39, 0.29) is 17.3 Å². The number of benzene rings is 1. The van der Waals surface area contributed by atoms with Crippen LogP contribution in [-0.4, -0.2) is 44.8 Å². The van der Waals surface area contributed by atoms with E-state index in [1.54, 1.807) is 35.7 Å². The molecule has 28 heavy (non-hydrogen) atoms. The summed E-state index contributed by atoms with van der Waals surface area (Å²) in [5.74, 6) is -1.30. The number of hydrogen-bond donors (Lipinski definition) is 1. The van der Waals surface area contributed by atoms with Crippen molar-refractivity contribution in [3.05, 3.63) is 46.8 Å². The lowest BCUT2D eigenvalue weighted by Gasteiger charge is -2.31. The first kappa shape index (κ1) is 20.5. The number of nitrogens with zero attached hydrogens (tertiary/aromatic N) is 1. The molecule has 7 nitrogen and oxygen atoms in total. The Morgan fingerprint density at radius 2 is 1.93 bits per heavy atom. The summed E-state index contributed by atoms with van der Waals surface area (Å²) in [7, 11) is -2.37. The van der Waals surface area contributed by atoms with Crippen molar-refractivity contribution < 1.29 is 22.7 Å². The van der Waals surface area contributed by atoms with Crippen molar-refractivity contribution in [1.29, 1.82) is 0 Å². The fourth-order valence-electron chi connectivity index (χ4n) is 3.12. The molecule has 1 amide bonds. The van der Waals surface area contributed by atoms with Crippen LogP contribution in [0.2, 0.25) is 0 Å². The number of aryl methyl sites for hydroxylation is 1. The van der Waals surface area contributed by atoms with Gasteiger partial charge in [0.1, 0.15) is 5.00 Å². The van der Waals surface area contributed by atoms with Gasteiger partial charge in [0.05, 0.1) is 23.5 Å². The van der Waals surface area contributed by atoms with Gasteiger partial charge < -0.3 is 10.1 Å². The Morgan fingerprint density at radius 3 is 2.61 bits per heavy atom. The number of nitrogens with one attached hydrogen (secondary N) is 1. The summed E-state index contributed by atoms with van der Waals surface area (Å²) < 4.78 is 31.9. The Labute approximate surface area is 168 Å². The summed E-state index contributed by atoms with van der Waals surface area (Å²) in [6, 6.07) is 8.27. The highest BCUT2D eigenvalue weighted by atomic mass is 32.2. The monoisotopic (exact) mass is 422 g/mol. The third-order valence-electron chi connectivity index (χ3n) is 4.72. The van der Waals surface area contributed by atoms with E-state index < -0.39 is 21.9 Å². The number of carbonyl (C=O) groups excluding carboxylic acids is 2. The quantitative estimate of drug-likeness (QED) is 0.748. The average Bonchev–Trinajstić information content (AvgIpc) is 3.16. The highest BCUT2D eigenvalue weighted by Gasteiger charge is 2.33. The summed E-state index contributed by atoms with van der Waals surface area (Å²) in [5, 5.41) is 4.86. The second kappa shape index (κ2) is 8.42. The van der Waals surface area contributed by atoms with Crippen LogP contribution < -0.4 is 5.32 Å². The third kappa shape index (κ3) is 4.26. The molecule has 1 fully saturated rings. The highest BCUT2D eigenvalue weighted by molar-refractivity contribution is 7.89. The Morgan fingerprint density at radius 1 is 1.21 bits per heavy atom. The SMILES string of the molecule is COC(=O)c1ccsc1NC(=O)C1CCCN(S(=O)(=O)c2ccc(C)cc2)C1. The highest BCUT2D eigenvalue weighted by Crippen LogP contribution is 2.28. The Balaban J connectivity index is 1.72. The van der Waals surface area contributed by atoms with E-state index in [0.29, 0.717) is 30.0 Å². The molecule has 1 N–H and O–H groups in total. The van der Waals surface area contributed by atoms with Crippen LogP contribution in [0, 0.1) is 12.8 Å². The molecule has 1 unspecified atom stereocenters. The van der Waals surface area contributed by atoms with E-state index in [2.05, 4.69) is 5.32 Å². The van der Waals surface area contributed by atoms with Gasteiger partial charge in [0.15, 0.2) is 0 Å². The molecule has 0 bridgehead atoms. The van der Waals surface area contributed by atoms with Crippen molar-refractivity contribution in [3.8, 4) is 0 Å². The second-order valence-electron chi connectivity index (χ2n) is 6.66. The summed E-state index contributed by atoms with van der Waals surface area (Å²) in [4.78, 5) is 24.7. The van der Waals surface area contributed by atoms with Crippen LogP contribution in [0.4, 0.5) is 5.00 Å². The van der Waals surface area contributed by atoms with E-state index >= 15 is 0 Å². The molecule has 0 saturated carbocycles. The average molecular weight is 423 g/mol. The van der Waals surface area contributed by atoms with Crippen molar-refractivity contribution in [2.24, 2.45) is 5.92 Å². The Hall–Kier alpha value is -2.23. The van der Waals surface area contributed by atoms with Crippen LogP contribution in [0.1, 0.15) is 28.8 Å². The minimum absolute atomic E-state index is 0.112. The van der Waals surface area contributed by atoms with Crippen LogP contribution in [0.3, 0.4) is 0 Å². The molecule has 1 saturated heterocycles. The first-order valence-corrected chi connectivity index (χ1v) is 11.2. The number of carbonyl (C=O) groups is 2. The maximum atomic E-state index is 12.9. The van der Waals surface area contributed by atoms with Crippen LogP contribution in [-0.2, 0) is 19.6 Å². The minimum Gasteiger partial charge on any atom is -0.465 e. The number of amides is 1. The maximum Gasteiger partial charge on any atom is 0.340 e. The molecule has 1 aliphatic rings. The second-order valence-corrected chi connectivity index (χ2v) is 9.51. The predicted molar refractivity (Wildman–Crippen MR) is 107 cm³/mol. The summed E-state index contributed by atoms with van der Waals surface area (Å²) in [6.07, 6.45) is 1.18. The molecular formula is C19H22N2O5S2. The van der Waals surface area contributed by atoms with Crippen LogP contribution in [0.5, 0.6) is 0 Å². The van der Waals surface area contributed by atoms with E-state index in [1.165, 1.54) is 22.8 Å². The number of sulfonamides is 1. The molecule has 3 rings (SSSR count). The normalized spacial score (nSPS) is 17.9. The zero-order valence-electron chi connectivity index (χ0n) is 15.7. The van der Waals surface area contributed by atoms with E-state index in [4.69, 9.17) is 4.74 Å². The lowest BCUT2D eigenvalue weighted by molar-refractivity contribution is -0.120. The number of piperidine rings is 1. The lowest BCUT2D eigenvalue weighted by Crippen LogP contribution is -2.43. The number of hydrogen-bond acceptors (Lipinski definition) is 6. The number of anilines is 1. The number of ether oxygens (including phenoxy) is 1. The van der Waals surface area contributed by atoms with Gasteiger partial charge in [-0.05, 0) is 43.3 Å². The molecule has 0 radical (unpaired) electrons. The Kier molecular flexibility index (Phi) is 6.17. The van der Waals surface area contributed by atoms with Gasteiger partial charge >= 0.3 is 5.97 Å². The standard InChI is InChI=1S/C19H22N2O5S2/c1-13-5-7-15(8-6-13)28(24,25)21-10-3-4-14(12-21)17(22)20-18-16(9-11-27-18)19(23)26-2/h5-9,11,14H,3-4,10,12H2,1-2H3,(H,20,22). The molecule has 1 aromatic carbocycles. The molecule has 1 atom stereocenters. The molecule has 9 heteroatoms. The van der Waals surface area contributed by atoms with Gasteiger partial charge in [0.25, 0.3) is 0 Å². The first-order valence-electron chi connectivity index (χ1n) is 8.86. The molecule has 2 heterocycles. The summed E-state index contributed by atoms with van der Waals surface area (Å²) >= 11 is 1.23. The van der Waals surface area contributed by atoms with Crippen molar-refractivity contribution in [3.63, 3.8) is 0 Å². The zero-order chi connectivity index (χ0) is 20.3. The van der Waals surface area contributed by atoms with Gasteiger partial charge in [-0.1, -0.05) is 17.7 Å². The first-order chi connectivity index (χ1) is 13.3. The van der Waals surface area contributed by atoms with Crippen LogP contribution >= 0.6 is 11.3 Å². The molecule has 0 spiro atoms. The molecule has 150 valence electrons. The van der Waals surface area contributed by atoms with Gasteiger partial charge in [0, 0.05) is 13.1 Å². The van der Waals surface area contributed by atoms with Crippen molar-refractivity contribution in [2.75, 3.05) is 25.5 Å². The molecule has 0 aliphatic carbocycles. The number of rotatable bonds is 5. The molecule has 1 aliphatic heterocycles. The number of esters is 1. The topological polar surface area (TPSA) is 92.8 Å². The van der Waals surface area contributed by atoms with Crippen LogP contribution in [0.15, 0.2) is 40.6 Å². The largest absolute Gasteiger partial charge is 0.465 e. The van der Waals surface area contributed by atoms with Gasteiger partial charge in [-0.15, -0.1) is 11.3 Å². The summed E-state index contributed by atoms with van der Waals surface area (Å²) in [5.41, 5.74) is 1.27. The van der Waals surface area contributed by atoms with Crippen molar-refractivity contribution >= 4 is 38.2 Å². The molecular weight excluding hydrogens is 400 g/mol. The lowest BCUT2D eigenvalue weighted by atomic mass is 9.99. The van der Waals surface area contributed by atoms with Gasteiger partial charge in [-0.25, -0.2) is 13.2 Å². The molecule has 1 aromatic heterocycles. The van der Waals surface area contributed by atoms with Crippen molar-refractivity contribution in [2.45, 2.75) is 24.7 Å². The maximum absolute atomic E-state index is 12.9. The van der Waals surface area contributed by atoms with Crippen LogP contribution in [0.25, 0.3) is 0 Å². The van der Waals surface area contributed by atoms with Gasteiger partial charge in [-0.2, -0.15) is 4.31 Å². The Bertz CT molecular complexity index is 966. The fourth-order valence-corrected chi connectivity index (χ4v) is 5.43. The third-order valence-corrected chi connectivity index (χ3v) is 7.43. The summed E-state index contributed by atoms with van der Waals surface area (Å²) in [6.45, 7) is 2.39. The smallest absolute Gasteiger partial charge is 0.340 e. The van der Waals surface area contributed by atoms with E-state index in [9.17, 15) is 18.0 Å². The zero-order valence-corrected chi connectivity index (χ0v) is 17.3. The fraction of sp³-hybridized carbons (Fsp3) is 0.368. The predicted octanol–water partition coefficient (Wildman–Crippen LogP) is 2.88. The number of thiophene rings is 1. The molecule has 2 aromatic rings. The van der Waals surface area contributed by atoms with E-state index in [1.807, 2.05) is 6.92 Å². The van der Waals surface area contributed by atoms with Crippen molar-refractivity contribution in [1.82, 2.24) is 4.31 Å². The minimum atomic E-state index is -3.65. The van der Waals surface area contributed by atoms with Gasteiger partial charge in [0.2, 0.25) is 15.9 Å². The van der Waals surface area contributed by atoms with Gasteiger partial charge in [-0.3, -0.25) is 4.79 Å². The van der Waals surface area contributed by atoms with E-state index in [0.717, 1.165) is 5.56 Å². The number of methoxy groups -OCH3 is 1.